The van der Waals surface area contributed by atoms with Crippen molar-refractivity contribution in [2.75, 3.05) is 7.11 Å². The van der Waals surface area contributed by atoms with Gasteiger partial charge >= 0.3 is 0 Å². The quantitative estimate of drug-likeness (QED) is 0.737. The second kappa shape index (κ2) is 5.22. The van der Waals surface area contributed by atoms with Crippen LogP contribution in [0.15, 0.2) is 42.6 Å². The molecule has 0 saturated carbocycles. The van der Waals surface area contributed by atoms with Gasteiger partial charge in [-0.15, -0.1) is 0 Å². The summed E-state index contributed by atoms with van der Waals surface area (Å²) in [6.45, 7) is 0. The first-order valence-corrected chi connectivity index (χ1v) is 6.63. The molecule has 0 spiro atoms. The minimum Gasteiger partial charge on any atom is -0.496 e. The van der Waals surface area contributed by atoms with Gasteiger partial charge in [-0.3, -0.25) is 4.79 Å². The van der Waals surface area contributed by atoms with Gasteiger partial charge in [0.25, 0.3) is 0 Å². The Hall–Kier alpha value is -2.33. The molecule has 0 aliphatic rings. The first kappa shape index (κ1) is 13.6. The number of nitrogens with one attached hydrogen (secondary N) is 1. The third-order valence-corrected chi connectivity index (χ3v) is 3.62. The van der Waals surface area contributed by atoms with Crippen LogP contribution in [0.4, 0.5) is 4.39 Å². The highest BCUT2D eigenvalue weighted by molar-refractivity contribution is 6.35. The molecule has 2 aromatic carbocycles. The van der Waals surface area contributed by atoms with Crippen LogP contribution in [0.5, 0.6) is 5.75 Å². The average molecular weight is 304 g/mol. The maximum absolute atomic E-state index is 13.1. The van der Waals surface area contributed by atoms with E-state index in [1.807, 2.05) is 12.1 Å². The van der Waals surface area contributed by atoms with Gasteiger partial charge in [0.2, 0.25) is 0 Å². The van der Waals surface area contributed by atoms with Crippen LogP contribution in [0.3, 0.4) is 0 Å². The Morgan fingerprint density at radius 1 is 1.24 bits per heavy atom. The van der Waals surface area contributed by atoms with E-state index in [1.54, 1.807) is 19.4 Å². The summed E-state index contributed by atoms with van der Waals surface area (Å²) in [7, 11) is 1.54. The highest BCUT2D eigenvalue weighted by Gasteiger charge is 2.19. The minimum absolute atomic E-state index is 0.0873. The van der Waals surface area contributed by atoms with Crippen LogP contribution in [0.2, 0.25) is 5.02 Å². The second-order valence-corrected chi connectivity index (χ2v) is 4.95. The highest BCUT2D eigenvalue weighted by Crippen LogP contribution is 2.31. The Bertz CT molecular complexity index is 841. The lowest BCUT2D eigenvalue weighted by Gasteiger charge is -2.06. The SMILES string of the molecule is COc1cccc2[nH]cc(C(=O)c3ccc(F)cc3Cl)c12. The van der Waals surface area contributed by atoms with Crippen LogP contribution >= 0.6 is 11.6 Å². The van der Waals surface area contributed by atoms with Gasteiger partial charge in [-0.1, -0.05) is 17.7 Å². The topological polar surface area (TPSA) is 42.1 Å². The molecular formula is C16H11ClFNO2. The number of aromatic amines is 1. The monoisotopic (exact) mass is 303 g/mol. The zero-order chi connectivity index (χ0) is 15.0. The largest absolute Gasteiger partial charge is 0.496 e. The molecule has 5 heteroatoms. The molecule has 21 heavy (non-hydrogen) atoms. The van der Waals surface area contributed by atoms with Crippen LogP contribution < -0.4 is 4.74 Å². The van der Waals surface area contributed by atoms with E-state index < -0.39 is 5.82 Å². The zero-order valence-electron chi connectivity index (χ0n) is 11.1. The lowest BCUT2D eigenvalue weighted by molar-refractivity contribution is 0.104. The highest BCUT2D eigenvalue weighted by atomic mass is 35.5. The van der Waals surface area contributed by atoms with Crippen LogP contribution in [0, 0.1) is 5.82 Å². The molecule has 0 fully saturated rings. The van der Waals surface area contributed by atoms with Crippen molar-refractivity contribution in [3.63, 3.8) is 0 Å². The Balaban J connectivity index is 2.18. The van der Waals surface area contributed by atoms with E-state index in [0.29, 0.717) is 16.7 Å². The zero-order valence-corrected chi connectivity index (χ0v) is 11.9. The van der Waals surface area contributed by atoms with E-state index in [2.05, 4.69) is 4.98 Å². The predicted molar refractivity (Wildman–Crippen MR) is 79.7 cm³/mol. The summed E-state index contributed by atoms with van der Waals surface area (Å²) in [5, 5.41) is 0.773. The van der Waals surface area contributed by atoms with E-state index in [0.717, 1.165) is 11.6 Å². The number of halogens is 2. The molecule has 3 nitrogen and oxygen atoms in total. The van der Waals surface area contributed by atoms with Gasteiger partial charge < -0.3 is 9.72 Å². The molecule has 0 atom stereocenters. The number of ether oxygens (including phenoxy) is 1. The molecule has 106 valence electrons. The molecule has 0 amide bonds. The fraction of sp³-hybridized carbons (Fsp3) is 0.0625. The summed E-state index contributed by atoms with van der Waals surface area (Å²) in [6, 6.07) is 9.18. The maximum atomic E-state index is 13.1. The summed E-state index contributed by atoms with van der Waals surface area (Å²) in [5.74, 6) is -0.167. The van der Waals surface area contributed by atoms with Crippen molar-refractivity contribution in [1.82, 2.24) is 4.98 Å². The fourth-order valence-corrected chi connectivity index (χ4v) is 2.57. The molecule has 3 rings (SSSR count). The number of carbonyl (C=O) groups excluding carboxylic acids is 1. The van der Waals surface area contributed by atoms with Crippen LogP contribution in [0.25, 0.3) is 10.9 Å². The van der Waals surface area contributed by atoms with Crippen molar-refractivity contribution in [3.8, 4) is 5.75 Å². The number of aromatic nitrogens is 1. The lowest BCUT2D eigenvalue weighted by atomic mass is 10.0. The number of hydrogen-bond acceptors (Lipinski definition) is 2. The molecule has 1 aromatic heterocycles. The Morgan fingerprint density at radius 2 is 2.05 bits per heavy atom. The van der Waals surface area contributed by atoms with E-state index >= 15 is 0 Å². The van der Waals surface area contributed by atoms with Crippen LogP contribution in [0.1, 0.15) is 15.9 Å². The summed E-state index contributed by atoms with van der Waals surface area (Å²) in [6.07, 6.45) is 1.61. The van der Waals surface area contributed by atoms with Crippen LogP contribution in [-0.2, 0) is 0 Å². The molecule has 0 aliphatic heterocycles. The fourth-order valence-electron chi connectivity index (χ4n) is 2.32. The Kier molecular flexibility index (Phi) is 3.39. The van der Waals surface area contributed by atoms with Crippen molar-refractivity contribution in [3.05, 3.63) is 64.6 Å². The van der Waals surface area contributed by atoms with E-state index in [-0.39, 0.29) is 16.4 Å². The normalized spacial score (nSPS) is 10.8. The molecule has 0 bridgehead atoms. The minimum atomic E-state index is -0.479. The average Bonchev–Trinajstić information content (AvgIpc) is 2.90. The van der Waals surface area contributed by atoms with Crippen molar-refractivity contribution in [1.29, 1.82) is 0 Å². The number of rotatable bonds is 3. The molecule has 0 unspecified atom stereocenters. The van der Waals surface area contributed by atoms with Crippen molar-refractivity contribution in [2.24, 2.45) is 0 Å². The molecular weight excluding hydrogens is 293 g/mol. The molecule has 0 saturated heterocycles. The van der Waals surface area contributed by atoms with Crippen LogP contribution in [-0.4, -0.2) is 17.9 Å². The standard InChI is InChI=1S/C16H11ClFNO2/c1-21-14-4-2-3-13-15(14)11(8-19-13)16(20)10-6-5-9(18)7-12(10)17/h2-8,19H,1H3. The molecule has 1 heterocycles. The van der Waals surface area contributed by atoms with Crippen molar-refractivity contribution >= 4 is 28.3 Å². The molecule has 0 radical (unpaired) electrons. The van der Waals surface area contributed by atoms with Crippen molar-refractivity contribution in [2.45, 2.75) is 0 Å². The van der Waals surface area contributed by atoms with Gasteiger partial charge in [0.1, 0.15) is 11.6 Å². The number of hydrogen-bond donors (Lipinski definition) is 1. The van der Waals surface area contributed by atoms with Gasteiger partial charge in [-0.05, 0) is 30.3 Å². The second-order valence-electron chi connectivity index (χ2n) is 4.54. The molecule has 0 aliphatic carbocycles. The number of H-pyrrole nitrogens is 1. The van der Waals surface area contributed by atoms with Gasteiger partial charge in [-0.2, -0.15) is 0 Å². The van der Waals surface area contributed by atoms with E-state index in [4.69, 9.17) is 16.3 Å². The summed E-state index contributed by atoms with van der Waals surface area (Å²) >= 11 is 5.96. The first-order chi connectivity index (χ1) is 10.1. The molecule has 3 aromatic rings. The third-order valence-electron chi connectivity index (χ3n) is 3.31. The number of methoxy groups -OCH3 is 1. The van der Waals surface area contributed by atoms with Gasteiger partial charge in [0.15, 0.2) is 5.78 Å². The summed E-state index contributed by atoms with van der Waals surface area (Å²) in [5.41, 5.74) is 1.48. The van der Waals surface area contributed by atoms with Crippen molar-refractivity contribution < 1.29 is 13.9 Å². The summed E-state index contributed by atoms with van der Waals surface area (Å²) < 4.78 is 18.4. The van der Waals surface area contributed by atoms with Gasteiger partial charge in [0, 0.05) is 17.3 Å². The number of ketones is 1. The lowest BCUT2D eigenvalue weighted by Crippen LogP contribution is -2.02. The first-order valence-electron chi connectivity index (χ1n) is 6.25. The van der Waals surface area contributed by atoms with Gasteiger partial charge in [0.05, 0.1) is 23.1 Å². The number of benzene rings is 2. The third kappa shape index (κ3) is 2.28. The Morgan fingerprint density at radius 3 is 2.76 bits per heavy atom. The predicted octanol–water partition coefficient (Wildman–Crippen LogP) is 4.20. The van der Waals surface area contributed by atoms with Gasteiger partial charge in [-0.25, -0.2) is 4.39 Å². The van der Waals surface area contributed by atoms with E-state index in [9.17, 15) is 9.18 Å². The Labute approximate surface area is 125 Å². The smallest absolute Gasteiger partial charge is 0.196 e. The summed E-state index contributed by atoms with van der Waals surface area (Å²) in [4.78, 5) is 15.7. The molecule has 1 N–H and O–H groups in total. The number of carbonyl (C=O) groups is 1. The number of fused-ring (bicyclic) bond motifs is 1. The van der Waals surface area contributed by atoms with E-state index in [1.165, 1.54) is 12.1 Å². The maximum Gasteiger partial charge on any atom is 0.196 e.